The van der Waals surface area contributed by atoms with Crippen molar-refractivity contribution in [3.8, 4) is 0 Å². The predicted molar refractivity (Wildman–Crippen MR) is 56.0 cm³/mol. The van der Waals surface area contributed by atoms with Gasteiger partial charge in [-0.05, 0) is 24.7 Å². The minimum absolute atomic E-state index is 0.653. The first-order valence-electron chi connectivity index (χ1n) is 4.44. The van der Waals surface area contributed by atoms with Crippen LogP contribution in [0.2, 0.25) is 0 Å². The van der Waals surface area contributed by atoms with Gasteiger partial charge in [-0.15, -0.1) is 11.8 Å². The maximum Gasteiger partial charge on any atom is 0.398 e. The number of halogens is 3. The van der Waals surface area contributed by atoms with Gasteiger partial charge >= 0.3 is 6.18 Å². The number of hydrogen-bond acceptors (Lipinski definition) is 2. The zero-order valence-electron chi connectivity index (χ0n) is 8.27. The fourth-order valence-corrected chi connectivity index (χ4v) is 1.85. The highest BCUT2D eigenvalue weighted by Gasteiger charge is 2.27. The lowest BCUT2D eigenvalue weighted by Crippen LogP contribution is -2.10. The number of nitrogens with one attached hydrogen (secondary N) is 1. The van der Waals surface area contributed by atoms with Gasteiger partial charge in [-0.1, -0.05) is 12.1 Å². The molecule has 0 unspecified atom stereocenters. The summed E-state index contributed by atoms with van der Waals surface area (Å²) in [5, 5.41) is 2.95. The number of rotatable bonds is 4. The van der Waals surface area contributed by atoms with E-state index in [0.717, 1.165) is 17.3 Å². The van der Waals surface area contributed by atoms with Crippen LogP contribution in [0.1, 0.15) is 5.56 Å². The Morgan fingerprint density at radius 2 is 2.07 bits per heavy atom. The van der Waals surface area contributed by atoms with E-state index in [1.807, 2.05) is 6.07 Å². The van der Waals surface area contributed by atoms with E-state index in [2.05, 4.69) is 5.32 Å². The zero-order valence-corrected chi connectivity index (χ0v) is 9.08. The topological polar surface area (TPSA) is 12.0 Å². The van der Waals surface area contributed by atoms with Crippen LogP contribution in [0.5, 0.6) is 0 Å². The van der Waals surface area contributed by atoms with E-state index >= 15 is 0 Å². The molecule has 5 heteroatoms. The highest BCUT2D eigenvalue weighted by molar-refractivity contribution is 7.99. The van der Waals surface area contributed by atoms with Gasteiger partial charge in [-0.2, -0.15) is 13.2 Å². The maximum atomic E-state index is 12.0. The molecule has 1 rings (SSSR count). The highest BCUT2D eigenvalue weighted by Crippen LogP contribution is 2.27. The summed E-state index contributed by atoms with van der Waals surface area (Å²) in [5.41, 5.74) is 0.990. The summed E-state index contributed by atoms with van der Waals surface area (Å²) >= 11 is 0.815. The lowest BCUT2D eigenvalue weighted by Gasteiger charge is -2.07. The number of alkyl halides is 3. The molecule has 0 saturated carbocycles. The first kappa shape index (κ1) is 12.4. The van der Waals surface area contributed by atoms with Crippen molar-refractivity contribution in [3.63, 3.8) is 0 Å². The third-order valence-corrected chi connectivity index (χ3v) is 2.74. The van der Waals surface area contributed by atoms with Crippen molar-refractivity contribution in [2.24, 2.45) is 0 Å². The standard InChI is InChI=1S/C10H12F3NS/c1-14-6-8-3-2-4-9(5-8)15-7-10(11,12)13/h2-5,14H,6-7H2,1H3. The molecular weight excluding hydrogens is 223 g/mol. The molecule has 0 aliphatic heterocycles. The fourth-order valence-electron chi connectivity index (χ4n) is 1.11. The smallest absolute Gasteiger partial charge is 0.316 e. The van der Waals surface area contributed by atoms with E-state index in [-0.39, 0.29) is 0 Å². The molecule has 0 atom stereocenters. The van der Waals surface area contributed by atoms with Crippen molar-refractivity contribution in [2.45, 2.75) is 17.6 Å². The summed E-state index contributed by atoms with van der Waals surface area (Å²) in [6.45, 7) is 0.667. The second-order valence-electron chi connectivity index (χ2n) is 3.08. The predicted octanol–water partition coefficient (Wildman–Crippen LogP) is 3.06. The Morgan fingerprint density at radius 1 is 1.33 bits per heavy atom. The van der Waals surface area contributed by atoms with Crippen LogP contribution in [0.3, 0.4) is 0 Å². The second kappa shape index (κ2) is 5.42. The van der Waals surface area contributed by atoms with E-state index in [1.54, 1.807) is 25.2 Å². The van der Waals surface area contributed by atoms with Crippen molar-refractivity contribution in [1.29, 1.82) is 0 Å². The third-order valence-electron chi connectivity index (χ3n) is 1.68. The van der Waals surface area contributed by atoms with E-state index in [9.17, 15) is 13.2 Å². The maximum absolute atomic E-state index is 12.0. The summed E-state index contributed by atoms with van der Waals surface area (Å²) in [6, 6.07) is 7.11. The Hall–Kier alpha value is -0.680. The van der Waals surface area contributed by atoms with E-state index in [4.69, 9.17) is 0 Å². The SMILES string of the molecule is CNCc1cccc(SCC(F)(F)F)c1. The van der Waals surface area contributed by atoms with E-state index in [0.29, 0.717) is 11.4 Å². The van der Waals surface area contributed by atoms with Crippen LogP contribution in [-0.2, 0) is 6.54 Å². The number of thioether (sulfide) groups is 1. The molecule has 0 spiro atoms. The van der Waals surface area contributed by atoms with Crippen LogP contribution in [0, 0.1) is 0 Å². The Labute approximate surface area is 91.1 Å². The molecule has 0 radical (unpaired) electrons. The van der Waals surface area contributed by atoms with Crippen molar-refractivity contribution in [2.75, 3.05) is 12.8 Å². The summed E-state index contributed by atoms with van der Waals surface area (Å²) < 4.78 is 35.9. The quantitative estimate of drug-likeness (QED) is 0.805. The van der Waals surface area contributed by atoms with Crippen molar-refractivity contribution in [3.05, 3.63) is 29.8 Å². The summed E-state index contributed by atoms with van der Waals surface area (Å²) in [6.07, 6.45) is -4.11. The summed E-state index contributed by atoms with van der Waals surface area (Å²) in [7, 11) is 1.80. The molecule has 0 fully saturated rings. The van der Waals surface area contributed by atoms with Crippen molar-refractivity contribution in [1.82, 2.24) is 5.32 Å². The molecular formula is C10H12F3NS. The normalized spacial score (nSPS) is 11.7. The average molecular weight is 235 g/mol. The lowest BCUT2D eigenvalue weighted by molar-refractivity contribution is -0.105. The monoisotopic (exact) mass is 235 g/mol. The van der Waals surface area contributed by atoms with Crippen molar-refractivity contribution >= 4 is 11.8 Å². The second-order valence-corrected chi connectivity index (χ2v) is 4.13. The van der Waals surface area contributed by atoms with E-state index in [1.165, 1.54) is 0 Å². The minimum Gasteiger partial charge on any atom is -0.316 e. The van der Waals surface area contributed by atoms with Crippen LogP contribution in [0.15, 0.2) is 29.2 Å². The Kier molecular flexibility index (Phi) is 4.47. The highest BCUT2D eigenvalue weighted by atomic mass is 32.2. The molecule has 0 aromatic heterocycles. The fraction of sp³-hybridized carbons (Fsp3) is 0.400. The Morgan fingerprint density at radius 3 is 2.67 bits per heavy atom. The molecule has 0 heterocycles. The molecule has 0 saturated heterocycles. The molecule has 1 N–H and O–H groups in total. The average Bonchev–Trinajstić information content (AvgIpc) is 2.15. The molecule has 1 aromatic carbocycles. The van der Waals surface area contributed by atoms with Crippen LogP contribution in [0.25, 0.3) is 0 Å². The van der Waals surface area contributed by atoms with Gasteiger partial charge in [0.1, 0.15) is 0 Å². The van der Waals surface area contributed by atoms with Gasteiger partial charge in [0.15, 0.2) is 0 Å². The molecule has 1 aromatic rings. The molecule has 0 aliphatic rings. The molecule has 0 aliphatic carbocycles. The third kappa shape index (κ3) is 5.09. The van der Waals surface area contributed by atoms with Gasteiger partial charge in [0, 0.05) is 11.4 Å². The molecule has 0 bridgehead atoms. The number of hydrogen-bond donors (Lipinski definition) is 1. The largest absolute Gasteiger partial charge is 0.398 e. The van der Waals surface area contributed by atoms with Crippen LogP contribution in [0.4, 0.5) is 13.2 Å². The molecule has 15 heavy (non-hydrogen) atoms. The first-order valence-corrected chi connectivity index (χ1v) is 5.43. The Bertz CT molecular complexity index is 312. The summed E-state index contributed by atoms with van der Waals surface area (Å²) in [5.74, 6) is -0.837. The van der Waals surface area contributed by atoms with Gasteiger partial charge < -0.3 is 5.32 Å². The summed E-state index contributed by atoms with van der Waals surface area (Å²) in [4.78, 5) is 0.653. The minimum atomic E-state index is -4.11. The van der Waals surface area contributed by atoms with Crippen LogP contribution < -0.4 is 5.32 Å². The molecule has 84 valence electrons. The van der Waals surface area contributed by atoms with Gasteiger partial charge in [0.25, 0.3) is 0 Å². The van der Waals surface area contributed by atoms with Crippen LogP contribution >= 0.6 is 11.8 Å². The lowest BCUT2D eigenvalue weighted by atomic mass is 10.2. The number of benzene rings is 1. The van der Waals surface area contributed by atoms with E-state index < -0.39 is 11.9 Å². The zero-order chi connectivity index (χ0) is 11.3. The molecule has 0 amide bonds. The van der Waals surface area contributed by atoms with Gasteiger partial charge in [0.05, 0.1) is 5.75 Å². The van der Waals surface area contributed by atoms with Gasteiger partial charge in [-0.25, -0.2) is 0 Å². The van der Waals surface area contributed by atoms with Gasteiger partial charge in [-0.3, -0.25) is 0 Å². The van der Waals surface area contributed by atoms with Crippen molar-refractivity contribution < 1.29 is 13.2 Å². The van der Waals surface area contributed by atoms with Gasteiger partial charge in [0.2, 0.25) is 0 Å². The Balaban J connectivity index is 2.57. The van der Waals surface area contributed by atoms with Crippen LogP contribution in [-0.4, -0.2) is 19.0 Å². The first-order chi connectivity index (χ1) is 7.01. The molecule has 1 nitrogen and oxygen atoms in total.